The molecule has 0 aliphatic carbocycles. The molecule has 160 valence electrons. The zero-order valence-electron chi connectivity index (χ0n) is 17.7. The lowest BCUT2D eigenvalue weighted by atomic mass is 9.99. The van der Waals surface area contributed by atoms with Crippen LogP contribution in [0.15, 0.2) is 73.1 Å². The summed E-state index contributed by atoms with van der Waals surface area (Å²) >= 11 is 0. The maximum atomic E-state index is 12.3. The van der Waals surface area contributed by atoms with Gasteiger partial charge in [0.05, 0.1) is 17.9 Å². The molecule has 1 N–H and O–H groups in total. The minimum Gasteiger partial charge on any atom is -0.408 e. The molecule has 2 aromatic heterocycles. The maximum absolute atomic E-state index is 12.3. The molecule has 5 rings (SSSR count). The highest BCUT2D eigenvalue weighted by molar-refractivity contribution is 5.97. The predicted octanol–water partition coefficient (Wildman–Crippen LogP) is 4.94. The molecule has 1 aliphatic rings. The van der Waals surface area contributed by atoms with Gasteiger partial charge in [0, 0.05) is 47.5 Å². The topological polar surface area (TPSA) is 80.2 Å². The molecule has 1 unspecified atom stereocenters. The van der Waals surface area contributed by atoms with Crippen LogP contribution < -0.4 is 15.0 Å². The van der Waals surface area contributed by atoms with E-state index < -0.39 is 6.09 Å². The second kappa shape index (κ2) is 8.63. The van der Waals surface area contributed by atoms with E-state index >= 15 is 0 Å². The van der Waals surface area contributed by atoms with Crippen molar-refractivity contribution in [3.8, 4) is 5.75 Å². The molecule has 1 saturated heterocycles. The van der Waals surface area contributed by atoms with E-state index in [1.807, 2.05) is 25.1 Å². The molecule has 32 heavy (non-hydrogen) atoms. The van der Waals surface area contributed by atoms with Gasteiger partial charge in [0.15, 0.2) is 5.75 Å². The Balaban J connectivity index is 1.40. The summed E-state index contributed by atoms with van der Waals surface area (Å²) in [7, 11) is 0. The van der Waals surface area contributed by atoms with E-state index in [4.69, 9.17) is 4.74 Å². The van der Waals surface area contributed by atoms with E-state index in [2.05, 4.69) is 61.8 Å². The zero-order valence-corrected chi connectivity index (χ0v) is 17.7. The number of carbonyl (C=O) groups is 1. The molecule has 0 saturated carbocycles. The predicted molar refractivity (Wildman–Crippen MR) is 124 cm³/mol. The Morgan fingerprint density at radius 3 is 2.78 bits per heavy atom. The fourth-order valence-corrected chi connectivity index (χ4v) is 4.24. The second-order valence-electron chi connectivity index (χ2n) is 7.95. The molecule has 3 heterocycles. The average Bonchev–Trinajstić information content (AvgIpc) is 3.30. The number of aryl methyl sites for hydroxylation is 1. The van der Waals surface area contributed by atoms with E-state index in [-0.39, 0.29) is 0 Å². The van der Waals surface area contributed by atoms with Crippen molar-refractivity contribution in [2.24, 2.45) is 0 Å². The van der Waals surface area contributed by atoms with Gasteiger partial charge in [-0.25, -0.2) is 4.79 Å². The zero-order chi connectivity index (χ0) is 21.9. The monoisotopic (exact) mass is 425 g/mol. The van der Waals surface area contributed by atoms with Crippen molar-refractivity contribution in [2.75, 3.05) is 23.3 Å². The van der Waals surface area contributed by atoms with Crippen molar-refractivity contribution in [1.29, 1.82) is 0 Å². The smallest absolute Gasteiger partial charge is 0.408 e. The van der Waals surface area contributed by atoms with Crippen LogP contribution in [-0.4, -0.2) is 34.4 Å². The summed E-state index contributed by atoms with van der Waals surface area (Å²) in [4.78, 5) is 19.4. The number of ether oxygens (including phenoxy) is 1. The van der Waals surface area contributed by atoms with Gasteiger partial charge < -0.3 is 9.64 Å². The third-order valence-electron chi connectivity index (χ3n) is 5.73. The highest BCUT2D eigenvalue weighted by Gasteiger charge is 2.25. The molecule has 1 aliphatic heterocycles. The van der Waals surface area contributed by atoms with Gasteiger partial charge in [0.1, 0.15) is 0 Å². The number of carbonyl (C=O) groups excluding carboxylic acids is 1. The summed E-state index contributed by atoms with van der Waals surface area (Å²) in [6.07, 6.45) is 3.39. The molecular formula is C25H23N5O2. The SMILES string of the molecule is Cc1cc(N2CCC(c3ccccc3)C2)c2cc(NC(=O)Oc3ccnnc3)ccc2n1. The van der Waals surface area contributed by atoms with Crippen LogP contribution in [0.1, 0.15) is 23.6 Å². The average molecular weight is 425 g/mol. The first-order valence-corrected chi connectivity index (χ1v) is 10.6. The van der Waals surface area contributed by atoms with E-state index in [0.29, 0.717) is 17.4 Å². The van der Waals surface area contributed by atoms with Crippen LogP contribution in [0, 0.1) is 6.92 Å². The van der Waals surface area contributed by atoms with Crippen LogP contribution in [0.4, 0.5) is 16.2 Å². The van der Waals surface area contributed by atoms with Crippen molar-refractivity contribution in [3.05, 3.63) is 84.3 Å². The number of aromatic nitrogens is 3. The molecule has 1 fully saturated rings. The normalized spacial score (nSPS) is 15.7. The first kappa shape index (κ1) is 19.9. The molecule has 7 heteroatoms. The third-order valence-corrected chi connectivity index (χ3v) is 5.73. The summed E-state index contributed by atoms with van der Waals surface area (Å²) in [5.74, 6) is 0.838. The molecular weight excluding hydrogens is 402 g/mol. The lowest BCUT2D eigenvalue weighted by molar-refractivity contribution is 0.215. The van der Waals surface area contributed by atoms with Gasteiger partial charge >= 0.3 is 6.09 Å². The fraction of sp³-hybridized carbons (Fsp3) is 0.200. The van der Waals surface area contributed by atoms with Crippen molar-refractivity contribution < 1.29 is 9.53 Å². The Kier molecular flexibility index (Phi) is 5.37. The molecule has 1 amide bonds. The molecule has 0 spiro atoms. The van der Waals surface area contributed by atoms with Crippen molar-refractivity contribution in [3.63, 3.8) is 0 Å². The number of nitrogens with zero attached hydrogens (tertiary/aromatic N) is 4. The minimum absolute atomic E-state index is 0.334. The van der Waals surface area contributed by atoms with Crippen LogP contribution in [-0.2, 0) is 0 Å². The standard InChI is InChI=1S/C25H23N5O2/c1-17-13-24(30-12-10-19(16-30)18-5-3-2-4-6-18)22-14-20(7-8-23(22)28-17)29-25(31)32-21-9-11-26-27-15-21/h2-9,11,13-15,19H,10,12,16H2,1H3,(H,29,31). The number of pyridine rings is 1. The van der Waals surface area contributed by atoms with Crippen molar-refractivity contribution in [1.82, 2.24) is 15.2 Å². The second-order valence-corrected chi connectivity index (χ2v) is 7.95. The molecule has 4 aromatic rings. The van der Waals surface area contributed by atoms with E-state index in [1.165, 1.54) is 18.0 Å². The van der Waals surface area contributed by atoms with Gasteiger partial charge in [-0.05, 0) is 43.2 Å². The Bertz CT molecular complexity index is 1250. The number of hydrogen-bond acceptors (Lipinski definition) is 6. The largest absolute Gasteiger partial charge is 0.417 e. The van der Waals surface area contributed by atoms with Crippen molar-refractivity contribution in [2.45, 2.75) is 19.3 Å². The van der Waals surface area contributed by atoms with Crippen molar-refractivity contribution >= 4 is 28.4 Å². The molecule has 0 radical (unpaired) electrons. The summed E-state index contributed by atoms with van der Waals surface area (Å²) in [6.45, 7) is 3.95. The molecule has 2 aromatic carbocycles. The van der Waals surface area contributed by atoms with E-state index in [1.54, 1.807) is 6.07 Å². The maximum Gasteiger partial charge on any atom is 0.417 e. The van der Waals surface area contributed by atoms with Crippen LogP contribution >= 0.6 is 0 Å². The van der Waals surface area contributed by atoms with Crippen LogP contribution in [0.2, 0.25) is 0 Å². The first-order chi connectivity index (χ1) is 15.7. The van der Waals surface area contributed by atoms with Crippen LogP contribution in [0.25, 0.3) is 10.9 Å². The molecule has 1 atom stereocenters. The summed E-state index contributed by atoms with van der Waals surface area (Å²) in [6, 6.07) is 20.1. The van der Waals surface area contributed by atoms with Gasteiger partial charge in [0.2, 0.25) is 0 Å². The molecule has 0 bridgehead atoms. The lowest BCUT2D eigenvalue weighted by Gasteiger charge is -2.22. The summed E-state index contributed by atoms with van der Waals surface area (Å²) in [5, 5.41) is 11.2. The lowest BCUT2D eigenvalue weighted by Crippen LogP contribution is -2.20. The number of nitrogens with one attached hydrogen (secondary N) is 1. The summed E-state index contributed by atoms with van der Waals surface area (Å²) < 4.78 is 5.26. The first-order valence-electron chi connectivity index (χ1n) is 10.6. The number of amides is 1. The van der Waals surface area contributed by atoms with Gasteiger partial charge in [-0.1, -0.05) is 30.3 Å². The van der Waals surface area contributed by atoms with Gasteiger partial charge in [-0.3, -0.25) is 10.3 Å². The van der Waals surface area contributed by atoms with Gasteiger partial charge in [0.25, 0.3) is 0 Å². The number of fused-ring (bicyclic) bond motifs is 1. The quantitative estimate of drug-likeness (QED) is 0.499. The van der Waals surface area contributed by atoms with Crippen LogP contribution in [0.3, 0.4) is 0 Å². The Labute approximate surface area is 186 Å². The molecule has 7 nitrogen and oxygen atoms in total. The number of hydrogen-bond donors (Lipinski definition) is 1. The fourth-order valence-electron chi connectivity index (χ4n) is 4.24. The van der Waals surface area contributed by atoms with Gasteiger partial charge in [-0.15, -0.1) is 0 Å². The Morgan fingerprint density at radius 1 is 1.09 bits per heavy atom. The number of anilines is 2. The Hall–Kier alpha value is -4.00. The third kappa shape index (κ3) is 4.23. The van der Waals surface area contributed by atoms with E-state index in [9.17, 15) is 4.79 Å². The summed E-state index contributed by atoms with van der Waals surface area (Å²) in [5.41, 5.74) is 5.04. The highest BCUT2D eigenvalue weighted by atomic mass is 16.6. The minimum atomic E-state index is -0.579. The van der Waals surface area contributed by atoms with Gasteiger partial charge in [-0.2, -0.15) is 10.2 Å². The Morgan fingerprint density at radius 2 is 1.97 bits per heavy atom. The highest BCUT2D eigenvalue weighted by Crippen LogP contribution is 2.35. The number of rotatable bonds is 4. The van der Waals surface area contributed by atoms with Crippen LogP contribution in [0.5, 0.6) is 5.75 Å². The van der Waals surface area contributed by atoms with E-state index in [0.717, 1.165) is 41.8 Å². The number of benzene rings is 2.